The molecule has 5 nitrogen and oxygen atoms in total. The topological polar surface area (TPSA) is 75.6 Å². The minimum atomic E-state index is -0.998. The molecule has 2 N–H and O–H groups in total. The van der Waals surface area contributed by atoms with Gasteiger partial charge in [0.05, 0.1) is 0 Å². The fourth-order valence-corrected chi connectivity index (χ4v) is 2.88. The molecule has 0 bridgehead atoms. The van der Waals surface area contributed by atoms with E-state index in [1.54, 1.807) is 0 Å². The predicted octanol–water partition coefficient (Wildman–Crippen LogP) is 3.34. The standard InChI is InChI=1S/C17H23NO4/c19-16(20)15(11-13-7-3-1-4-8-13)18-17(21)22-12-14-9-5-2-6-10-14/h2,5-6,9-10,13,15H,1,3-4,7-8,11-12H2,(H,18,21)(H,19,20). The van der Waals surface area contributed by atoms with Crippen LogP contribution in [0.5, 0.6) is 0 Å². The Kier molecular flexibility index (Phi) is 6.25. The summed E-state index contributed by atoms with van der Waals surface area (Å²) in [7, 11) is 0. The molecule has 1 aliphatic carbocycles. The van der Waals surface area contributed by atoms with Crippen molar-refractivity contribution in [3.05, 3.63) is 35.9 Å². The van der Waals surface area contributed by atoms with Crippen LogP contribution in [0, 0.1) is 5.92 Å². The van der Waals surface area contributed by atoms with Crippen LogP contribution >= 0.6 is 0 Å². The van der Waals surface area contributed by atoms with E-state index in [-0.39, 0.29) is 6.61 Å². The number of rotatable bonds is 6. The predicted molar refractivity (Wildman–Crippen MR) is 82.4 cm³/mol. The average Bonchev–Trinajstić information content (AvgIpc) is 2.54. The number of amides is 1. The molecule has 0 aliphatic heterocycles. The van der Waals surface area contributed by atoms with E-state index in [0.29, 0.717) is 12.3 Å². The lowest BCUT2D eigenvalue weighted by Crippen LogP contribution is -2.42. The average molecular weight is 305 g/mol. The van der Waals surface area contributed by atoms with E-state index in [1.165, 1.54) is 6.42 Å². The maximum absolute atomic E-state index is 11.8. The first kappa shape index (κ1) is 16.3. The van der Waals surface area contributed by atoms with Gasteiger partial charge in [-0.15, -0.1) is 0 Å². The van der Waals surface area contributed by atoms with Gasteiger partial charge in [-0.3, -0.25) is 0 Å². The molecule has 1 aromatic carbocycles. The largest absolute Gasteiger partial charge is 0.480 e. The summed E-state index contributed by atoms with van der Waals surface area (Å²) < 4.78 is 5.08. The number of hydrogen-bond acceptors (Lipinski definition) is 3. The summed E-state index contributed by atoms with van der Waals surface area (Å²) in [5.74, 6) is -0.619. The molecule has 0 heterocycles. The Morgan fingerprint density at radius 2 is 1.86 bits per heavy atom. The van der Waals surface area contributed by atoms with Crippen molar-refractivity contribution in [3.8, 4) is 0 Å². The first-order valence-electron chi connectivity index (χ1n) is 7.85. The second-order valence-corrected chi connectivity index (χ2v) is 5.84. The van der Waals surface area contributed by atoms with Crippen LogP contribution in [0.2, 0.25) is 0 Å². The molecule has 22 heavy (non-hydrogen) atoms. The van der Waals surface area contributed by atoms with Crippen molar-refractivity contribution in [1.29, 1.82) is 0 Å². The monoisotopic (exact) mass is 305 g/mol. The second-order valence-electron chi connectivity index (χ2n) is 5.84. The fourth-order valence-electron chi connectivity index (χ4n) is 2.88. The highest BCUT2D eigenvalue weighted by Crippen LogP contribution is 2.27. The number of ether oxygens (including phenoxy) is 1. The maximum Gasteiger partial charge on any atom is 0.408 e. The van der Waals surface area contributed by atoms with E-state index < -0.39 is 18.1 Å². The number of benzene rings is 1. The molecule has 120 valence electrons. The molecular formula is C17H23NO4. The van der Waals surface area contributed by atoms with Crippen molar-refractivity contribution in [2.75, 3.05) is 0 Å². The van der Waals surface area contributed by atoms with Gasteiger partial charge in [0.15, 0.2) is 0 Å². The van der Waals surface area contributed by atoms with Crippen LogP contribution in [0.15, 0.2) is 30.3 Å². The summed E-state index contributed by atoms with van der Waals surface area (Å²) in [6.45, 7) is 0.141. The van der Waals surface area contributed by atoms with Gasteiger partial charge in [-0.05, 0) is 17.9 Å². The minimum absolute atomic E-state index is 0.141. The number of carboxylic acid groups (broad SMARTS) is 1. The summed E-state index contributed by atoms with van der Waals surface area (Å²) >= 11 is 0. The van der Waals surface area contributed by atoms with Crippen LogP contribution < -0.4 is 5.32 Å². The molecule has 1 aromatic rings. The van der Waals surface area contributed by atoms with Gasteiger partial charge >= 0.3 is 12.1 Å². The summed E-state index contributed by atoms with van der Waals surface area (Å²) in [5, 5.41) is 11.7. The molecule has 1 saturated carbocycles. The molecule has 0 radical (unpaired) electrons. The van der Waals surface area contributed by atoms with E-state index in [2.05, 4.69) is 5.32 Å². The SMILES string of the molecule is O=C(NC(CC1CCCCC1)C(=O)O)OCc1ccccc1. The van der Waals surface area contributed by atoms with E-state index >= 15 is 0 Å². The van der Waals surface area contributed by atoms with Crippen molar-refractivity contribution in [2.24, 2.45) is 5.92 Å². The summed E-state index contributed by atoms with van der Waals surface area (Å²) in [6.07, 6.45) is 5.42. The van der Waals surface area contributed by atoms with Gasteiger partial charge in [0, 0.05) is 0 Å². The third-order valence-corrected chi connectivity index (χ3v) is 4.10. The van der Waals surface area contributed by atoms with E-state index in [0.717, 1.165) is 31.2 Å². The van der Waals surface area contributed by atoms with Crippen LogP contribution in [-0.2, 0) is 16.1 Å². The second kappa shape index (κ2) is 8.41. The van der Waals surface area contributed by atoms with Gasteiger partial charge in [0.1, 0.15) is 12.6 Å². The van der Waals surface area contributed by atoms with E-state index in [9.17, 15) is 14.7 Å². The van der Waals surface area contributed by atoms with Gasteiger partial charge in [-0.2, -0.15) is 0 Å². The number of carboxylic acids is 1. The number of carbonyl (C=O) groups is 2. The molecule has 1 atom stereocenters. The van der Waals surface area contributed by atoms with Crippen molar-refractivity contribution < 1.29 is 19.4 Å². The molecule has 1 amide bonds. The summed E-state index contributed by atoms with van der Waals surface area (Å²) in [4.78, 5) is 23.1. The molecular weight excluding hydrogens is 282 g/mol. The van der Waals surface area contributed by atoms with Crippen LogP contribution in [-0.4, -0.2) is 23.2 Å². The highest BCUT2D eigenvalue weighted by Gasteiger charge is 2.25. The van der Waals surface area contributed by atoms with Crippen LogP contribution in [0.4, 0.5) is 4.79 Å². The van der Waals surface area contributed by atoms with Gasteiger partial charge in [0.2, 0.25) is 0 Å². The smallest absolute Gasteiger partial charge is 0.408 e. The highest BCUT2D eigenvalue weighted by molar-refractivity contribution is 5.79. The van der Waals surface area contributed by atoms with Crippen molar-refractivity contribution in [3.63, 3.8) is 0 Å². The quantitative estimate of drug-likeness (QED) is 0.845. The Labute approximate surface area is 130 Å². The van der Waals surface area contributed by atoms with Gasteiger partial charge in [-0.25, -0.2) is 9.59 Å². The molecule has 0 aromatic heterocycles. The normalized spacial score (nSPS) is 16.7. The number of aliphatic carboxylic acids is 1. The third kappa shape index (κ3) is 5.39. The molecule has 0 spiro atoms. The third-order valence-electron chi connectivity index (χ3n) is 4.10. The number of hydrogen-bond donors (Lipinski definition) is 2. The van der Waals surface area contributed by atoms with Gasteiger partial charge in [-0.1, -0.05) is 62.4 Å². The number of alkyl carbamates (subject to hydrolysis) is 1. The molecule has 2 rings (SSSR count). The zero-order valence-electron chi connectivity index (χ0n) is 12.7. The summed E-state index contributed by atoms with van der Waals surface area (Å²) in [5.41, 5.74) is 0.872. The summed E-state index contributed by atoms with van der Waals surface area (Å²) in [6, 6.07) is 8.44. The Morgan fingerprint density at radius 1 is 1.18 bits per heavy atom. The highest BCUT2D eigenvalue weighted by atomic mass is 16.5. The fraction of sp³-hybridized carbons (Fsp3) is 0.529. The lowest BCUT2D eigenvalue weighted by molar-refractivity contribution is -0.139. The maximum atomic E-state index is 11.8. The Bertz CT molecular complexity index is 483. The first-order chi connectivity index (χ1) is 10.6. The molecule has 5 heteroatoms. The van der Waals surface area contributed by atoms with Crippen molar-refractivity contribution >= 4 is 12.1 Å². The van der Waals surface area contributed by atoms with Gasteiger partial charge in [0.25, 0.3) is 0 Å². The van der Waals surface area contributed by atoms with Crippen molar-refractivity contribution in [2.45, 2.75) is 51.2 Å². The Balaban J connectivity index is 1.79. The molecule has 1 unspecified atom stereocenters. The Morgan fingerprint density at radius 3 is 2.50 bits per heavy atom. The zero-order chi connectivity index (χ0) is 15.8. The number of carbonyl (C=O) groups excluding carboxylic acids is 1. The minimum Gasteiger partial charge on any atom is -0.480 e. The lowest BCUT2D eigenvalue weighted by atomic mass is 9.85. The van der Waals surface area contributed by atoms with Crippen LogP contribution in [0.3, 0.4) is 0 Å². The van der Waals surface area contributed by atoms with E-state index in [4.69, 9.17) is 4.74 Å². The van der Waals surface area contributed by atoms with Crippen LogP contribution in [0.25, 0.3) is 0 Å². The zero-order valence-corrected chi connectivity index (χ0v) is 12.7. The van der Waals surface area contributed by atoms with Crippen LogP contribution in [0.1, 0.15) is 44.1 Å². The number of nitrogens with one attached hydrogen (secondary N) is 1. The molecule has 0 saturated heterocycles. The molecule has 1 fully saturated rings. The van der Waals surface area contributed by atoms with Gasteiger partial charge < -0.3 is 15.2 Å². The Hall–Kier alpha value is -2.04. The lowest BCUT2D eigenvalue weighted by Gasteiger charge is -2.24. The van der Waals surface area contributed by atoms with Crippen molar-refractivity contribution in [1.82, 2.24) is 5.32 Å². The first-order valence-corrected chi connectivity index (χ1v) is 7.85. The van der Waals surface area contributed by atoms with E-state index in [1.807, 2.05) is 30.3 Å². The molecule has 1 aliphatic rings.